The van der Waals surface area contributed by atoms with Crippen molar-refractivity contribution < 1.29 is 64.0 Å². The van der Waals surface area contributed by atoms with Crippen LogP contribution in [0.15, 0.2) is 41.2 Å². The summed E-state index contributed by atoms with van der Waals surface area (Å²) in [5, 5.41) is 78.2. The molecule has 1 saturated heterocycles. The number of fused-ring (bicyclic) bond motifs is 14. The Morgan fingerprint density at radius 2 is 1.62 bits per heavy atom. The van der Waals surface area contributed by atoms with E-state index in [4.69, 9.17) is 18.9 Å². The molecule has 1 unspecified atom stereocenters. The van der Waals surface area contributed by atoms with Crippen molar-refractivity contribution >= 4 is 40.3 Å². The van der Waals surface area contributed by atoms with Crippen molar-refractivity contribution in [3.8, 4) is 23.0 Å². The van der Waals surface area contributed by atoms with Gasteiger partial charge in [-0.3, -0.25) is 24.3 Å². The monoisotopic (exact) mass is 892 g/mol. The quantitative estimate of drug-likeness (QED) is 0.0908. The number of phenolic OH excluding ortho intramolecular Hbond substituents is 3. The van der Waals surface area contributed by atoms with Crippen LogP contribution in [0.3, 0.4) is 0 Å². The molecule has 5 bridgehead atoms. The van der Waals surface area contributed by atoms with Crippen molar-refractivity contribution in [2.24, 2.45) is 28.8 Å². The minimum Gasteiger partial charge on any atom is -0.507 e. The van der Waals surface area contributed by atoms with Crippen LogP contribution in [0.2, 0.25) is 0 Å². The number of carbonyl (C=O) groups is 3. The van der Waals surface area contributed by atoms with Gasteiger partial charge in [0.1, 0.15) is 29.6 Å². The van der Waals surface area contributed by atoms with Crippen LogP contribution in [0.25, 0.3) is 10.8 Å². The molecule has 4 heterocycles. The topological polar surface area (TPSA) is 240 Å². The summed E-state index contributed by atoms with van der Waals surface area (Å²) in [5.41, 5.74) is -0.545. The van der Waals surface area contributed by atoms with Gasteiger partial charge in [-0.15, -0.1) is 0 Å². The van der Waals surface area contributed by atoms with Crippen LogP contribution < -0.4 is 10.1 Å². The van der Waals surface area contributed by atoms with E-state index in [1.807, 2.05) is 0 Å². The lowest BCUT2D eigenvalue weighted by atomic mass is 9.78. The summed E-state index contributed by atoms with van der Waals surface area (Å²) < 4.78 is 23.7. The molecule has 5 aliphatic rings. The molecule has 17 heteroatoms. The molecule has 0 aromatic heterocycles. The van der Waals surface area contributed by atoms with Gasteiger partial charge in [0.05, 0.1) is 59.5 Å². The van der Waals surface area contributed by atoms with Crippen molar-refractivity contribution in [2.75, 3.05) is 32.1 Å². The van der Waals surface area contributed by atoms with E-state index in [9.17, 15) is 45.0 Å². The molecule has 7 N–H and O–H groups in total. The van der Waals surface area contributed by atoms with Gasteiger partial charge < -0.3 is 54.9 Å². The van der Waals surface area contributed by atoms with E-state index in [-0.39, 0.29) is 57.1 Å². The highest BCUT2D eigenvalue weighted by molar-refractivity contribution is 6.23. The number of piperazine rings is 1. The first-order valence-corrected chi connectivity index (χ1v) is 22.0. The van der Waals surface area contributed by atoms with Crippen LogP contribution in [0.4, 0.5) is 5.69 Å². The second-order valence-corrected chi connectivity index (χ2v) is 17.9. The van der Waals surface area contributed by atoms with Crippen molar-refractivity contribution in [3.63, 3.8) is 0 Å². The molecule has 17 nitrogen and oxygen atoms in total. The molecule has 7 rings (SSSR count). The van der Waals surface area contributed by atoms with E-state index < -0.39 is 95.0 Å². The van der Waals surface area contributed by atoms with Crippen LogP contribution in [0, 0.1) is 30.6 Å². The number of nitrogens with zero attached hydrogens (tertiary/aromatic N) is 3. The van der Waals surface area contributed by atoms with Crippen molar-refractivity contribution in [1.82, 2.24) is 9.91 Å². The number of ketones is 1. The fraction of sp³-hybridized carbons (Fsp3) is 0.574. The van der Waals surface area contributed by atoms with E-state index >= 15 is 0 Å². The smallest absolute Gasteiger partial charge is 0.312 e. The highest BCUT2D eigenvalue weighted by Crippen LogP contribution is 2.55. The van der Waals surface area contributed by atoms with Crippen molar-refractivity contribution in [1.29, 1.82) is 0 Å². The third-order valence-corrected chi connectivity index (χ3v) is 13.6. The average molecular weight is 893 g/mol. The standard InChI is InChI=1S/C47H64N4O13/c1-23-13-12-14-24(2)46(60)49-37-31(21-48-50-18-19-51(33(53)22-50)30-15-10-11-16-30)41(57)34-35(42(37)58)40(56)28(6)44-36(34)45(59)47(8,64-44)62-20-17-32(61-9)25(3)43(63-29(7)52)27(5)39(55)26(4)38(23)54/h12-14,17,20-21,23,25-27,30,32-33,38-39,43,53-58H,10-11,15-16,18-19,22H2,1-9H3,(H,49,60)/b13-12+,20-17+,24-14-,48-21+/t23-,25+,26+,27+,32-,33?,38-,39+,43+,47-/m0/s1. The number of aromatic hydroxyl groups is 3. The summed E-state index contributed by atoms with van der Waals surface area (Å²) >= 11 is 0. The number of methoxy groups -OCH3 is 1. The fourth-order valence-corrected chi connectivity index (χ4v) is 9.54. The minimum atomic E-state index is -2.08. The van der Waals surface area contributed by atoms with E-state index in [1.165, 1.54) is 59.4 Å². The Hall–Kier alpha value is -5.20. The number of aliphatic hydroxyl groups is 3. The number of β-amino-alcohol motifs (C(OH)–C–C–N with tert-alkyl or cyclic N) is 1. The van der Waals surface area contributed by atoms with Gasteiger partial charge in [0.25, 0.3) is 11.7 Å². The maximum atomic E-state index is 14.5. The van der Waals surface area contributed by atoms with Crippen LogP contribution in [0.1, 0.15) is 95.6 Å². The predicted octanol–water partition coefficient (Wildman–Crippen LogP) is 4.97. The number of carbonyl (C=O) groups excluding carboxylic acids is 3. The summed E-state index contributed by atoms with van der Waals surface area (Å²) in [6.07, 6.45) is 8.10. The number of allylic oxidation sites excluding steroid dienone is 2. The third-order valence-electron chi connectivity index (χ3n) is 13.6. The first kappa shape index (κ1) is 48.3. The molecule has 350 valence electrons. The van der Waals surface area contributed by atoms with Gasteiger partial charge >= 0.3 is 11.8 Å². The molecule has 2 aromatic carbocycles. The number of anilines is 1. The number of benzene rings is 2. The van der Waals surface area contributed by atoms with Gasteiger partial charge in [-0.1, -0.05) is 58.8 Å². The zero-order valence-corrected chi connectivity index (χ0v) is 38.1. The summed E-state index contributed by atoms with van der Waals surface area (Å²) in [5.74, 6) is -8.64. The van der Waals surface area contributed by atoms with E-state index in [0.717, 1.165) is 25.7 Å². The van der Waals surface area contributed by atoms with E-state index in [1.54, 1.807) is 44.9 Å². The van der Waals surface area contributed by atoms with Crippen LogP contribution in [-0.4, -0.2) is 134 Å². The molecule has 2 aromatic rings. The summed E-state index contributed by atoms with van der Waals surface area (Å²) in [4.78, 5) is 42.9. The second kappa shape index (κ2) is 19.5. The van der Waals surface area contributed by atoms with E-state index in [2.05, 4.69) is 15.3 Å². The molecule has 1 amide bonds. The Balaban J connectivity index is 1.48. The lowest BCUT2D eigenvalue weighted by Gasteiger charge is -2.40. The number of Topliss-reactive ketones (excluding diaryl/α,β-unsaturated/α-hetero) is 1. The minimum absolute atomic E-state index is 0.0344. The summed E-state index contributed by atoms with van der Waals surface area (Å²) in [6.45, 7) is 13.6. The van der Waals surface area contributed by atoms with Gasteiger partial charge in [-0.2, -0.15) is 5.10 Å². The highest BCUT2D eigenvalue weighted by atomic mass is 16.7. The molecular weight excluding hydrogens is 829 g/mol. The van der Waals surface area contributed by atoms with Crippen molar-refractivity contribution in [2.45, 2.75) is 124 Å². The highest BCUT2D eigenvalue weighted by Gasteiger charge is 2.50. The van der Waals surface area contributed by atoms with Gasteiger partial charge in [-0.25, -0.2) is 0 Å². The third kappa shape index (κ3) is 9.31. The van der Waals surface area contributed by atoms with Crippen LogP contribution in [-0.2, 0) is 23.8 Å². The van der Waals surface area contributed by atoms with Gasteiger partial charge in [-0.05, 0) is 32.8 Å². The number of nitrogens with one attached hydrogen (secondary N) is 1. The normalized spacial score (nSPS) is 33.2. The Morgan fingerprint density at radius 1 is 0.938 bits per heavy atom. The number of aliphatic hydroxyl groups excluding tert-OH is 3. The second-order valence-electron chi connectivity index (χ2n) is 17.9. The molecule has 4 aliphatic heterocycles. The fourth-order valence-electron chi connectivity index (χ4n) is 9.54. The maximum absolute atomic E-state index is 14.5. The number of amides is 1. The number of phenols is 3. The number of rotatable bonds is 5. The van der Waals surface area contributed by atoms with Crippen molar-refractivity contribution in [3.05, 3.63) is 52.8 Å². The SMILES string of the molecule is CO[C@H]1/C=C/O[C@@]2(C)Oc3c(C)c(O)c4c(O)c(c(/C=N/N5CCN(C6CCCC6)C(O)C5)c(O)c4c3C2=O)NC(=O)/C(C)=C\C=C\[C@H](C)[C@H](O)[C@@H](C)[C@@H](O)[C@@H](C)[C@H](OC(C)=O)[C@@H]1C. The number of hydrazone groups is 1. The zero-order valence-electron chi connectivity index (χ0n) is 38.1. The first-order chi connectivity index (χ1) is 30.2. The number of hydrogen-bond acceptors (Lipinski definition) is 16. The molecule has 1 aliphatic carbocycles. The lowest BCUT2D eigenvalue weighted by molar-refractivity contribution is -0.160. The Kier molecular flexibility index (Phi) is 14.7. The molecule has 0 radical (unpaired) electrons. The largest absolute Gasteiger partial charge is 0.507 e. The number of ether oxygens (including phenoxy) is 4. The van der Waals surface area contributed by atoms with Gasteiger partial charge in [0, 0.05) is 80.3 Å². The van der Waals surface area contributed by atoms with Gasteiger partial charge in [0.2, 0.25) is 0 Å². The molecule has 10 atom stereocenters. The lowest BCUT2D eigenvalue weighted by Crippen LogP contribution is -2.54. The summed E-state index contributed by atoms with van der Waals surface area (Å²) in [7, 11) is 1.43. The Labute approximate surface area is 373 Å². The predicted molar refractivity (Wildman–Crippen MR) is 238 cm³/mol. The number of esters is 1. The van der Waals surface area contributed by atoms with Crippen LogP contribution in [0.5, 0.6) is 23.0 Å². The molecule has 1 saturated carbocycles. The maximum Gasteiger partial charge on any atom is 0.312 e. The zero-order chi connectivity index (χ0) is 46.9. The van der Waals surface area contributed by atoms with Gasteiger partial charge in [0.15, 0.2) is 5.75 Å². The molecule has 0 spiro atoms. The molecule has 2 fully saturated rings. The Morgan fingerprint density at radius 3 is 2.27 bits per heavy atom. The van der Waals surface area contributed by atoms with Crippen LogP contribution >= 0.6 is 0 Å². The molecular formula is C47H64N4O13. The number of hydrogen-bond donors (Lipinski definition) is 7. The summed E-state index contributed by atoms with van der Waals surface area (Å²) in [6, 6.07) is 0.280. The average Bonchev–Trinajstić information content (AvgIpc) is 3.89. The molecule has 64 heavy (non-hydrogen) atoms. The van der Waals surface area contributed by atoms with E-state index in [0.29, 0.717) is 13.1 Å². The first-order valence-electron chi connectivity index (χ1n) is 22.0. The Bertz CT molecular complexity index is 2230.